The molecule has 2 saturated heterocycles. The summed E-state index contributed by atoms with van der Waals surface area (Å²) in [6, 6.07) is 5.24. The predicted octanol–water partition coefficient (Wildman–Crippen LogP) is 1.62. The summed E-state index contributed by atoms with van der Waals surface area (Å²) in [6.45, 7) is 7.09. The van der Waals surface area contributed by atoms with Gasteiger partial charge in [-0.2, -0.15) is 5.10 Å². The number of amides is 1. The molecule has 2 aromatic rings. The molecule has 25 heavy (non-hydrogen) atoms. The second kappa shape index (κ2) is 6.63. The van der Waals surface area contributed by atoms with E-state index in [9.17, 15) is 4.79 Å². The van der Waals surface area contributed by atoms with Crippen LogP contribution in [-0.4, -0.2) is 66.7 Å². The molecule has 0 saturated carbocycles. The first-order chi connectivity index (χ1) is 12.1. The highest BCUT2D eigenvalue weighted by molar-refractivity contribution is 5.92. The quantitative estimate of drug-likeness (QED) is 0.917. The van der Waals surface area contributed by atoms with Crippen LogP contribution in [0.5, 0.6) is 0 Å². The second-order valence-electron chi connectivity index (χ2n) is 7.50. The number of nitrogens with one attached hydrogen (secondary N) is 1. The van der Waals surface area contributed by atoms with Crippen molar-refractivity contribution in [2.24, 2.45) is 5.92 Å². The lowest BCUT2D eigenvalue weighted by atomic mass is 9.91. The molecule has 0 aromatic carbocycles. The van der Waals surface area contributed by atoms with Crippen LogP contribution in [0.15, 0.2) is 31.0 Å². The molecule has 2 aliphatic rings. The van der Waals surface area contributed by atoms with Crippen LogP contribution in [0.3, 0.4) is 0 Å². The third-order valence-corrected chi connectivity index (χ3v) is 5.65. The fourth-order valence-electron chi connectivity index (χ4n) is 4.72. The number of rotatable bonds is 4. The molecule has 2 fully saturated rings. The zero-order valence-corrected chi connectivity index (χ0v) is 14.9. The molecule has 134 valence electrons. The molecule has 1 N–H and O–H groups in total. The van der Waals surface area contributed by atoms with E-state index in [1.54, 1.807) is 12.7 Å². The first-order valence-electron chi connectivity index (χ1n) is 9.16. The Morgan fingerprint density at radius 1 is 1.44 bits per heavy atom. The van der Waals surface area contributed by atoms with Crippen molar-refractivity contribution >= 4 is 5.91 Å². The van der Waals surface area contributed by atoms with Crippen molar-refractivity contribution in [3.05, 3.63) is 36.7 Å². The number of fused-ring (bicyclic) bond motifs is 1. The Labute approximate surface area is 148 Å². The van der Waals surface area contributed by atoms with Crippen molar-refractivity contribution in [2.45, 2.75) is 51.4 Å². The van der Waals surface area contributed by atoms with Gasteiger partial charge in [-0.3, -0.25) is 14.4 Å². The summed E-state index contributed by atoms with van der Waals surface area (Å²) in [5, 5.41) is 4.28. The van der Waals surface area contributed by atoms with Crippen LogP contribution in [0, 0.1) is 5.92 Å². The molecule has 4 heterocycles. The van der Waals surface area contributed by atoms with Crippen molar-refractivity contribution in [3.8, 4) is 0 Å². The SMILES string of the molecule is CC(C)N1[C@@H](Cn2cncn2)C[C@H]2CN(C(=O)c3ccc[nH]3)CC[C@H]21. The molecule has 0 unspecified atom stereocenters. The number of hydrogen-bond acceptors (Lipinski definition) is 4. The van der Waals surface area contributed by atoms with Gasteiger partial charge in [0.1, 0.15) is 18.3 Å². The van der Waals surface area contributed by atoms with Crippen LogP contribution in [0.25, 0.3) is 0 Å². The number of piperidine rings is 1. The topological polar surface area (TPSA) is 70.1 Å². The van der Waals surface area contributed by atoms with E-state index in [-0.39, 0.29) is 5.91 Å². The zero-order chi connectivity index (χ0) is 17.4. The Morgan fingerprint density at radius 2 is 2.32 bits per heavy atom. The Bertz CT molecular complexity index is 695. The van der Waals surface area contributed by atoms with Gasteiger partial charge < -0.3 is 9.88 Å². The van der Waals surface area contributed by atoms with E-state index in [4.69, 9.17) is 0 Å². The maximum absolute atomic E-state index is 12.7. The zero-order valence-electron chi connectivity index (χ0n) is 14.9. The molecule has 1 amide bonds. The highest BCUT2D eigenvalue weighted by atomic mass is 16.2. The summed E-state index contributed by atoms with van der Waals surface area (Å²) in [4.78, 5) is 24.4. The number of nitrogens with zero attached hydrogens (tertiary/aromatic N) is 5. The lowest BCUT2D eigenvalue weighted by Crippen LogP contribution is -2.50. The van der Waals surface area contributed by atoms with Crippen LogP contribution < -0.4 is 0 Å². The van der Waals surface area contributed by atoms with Crippen LogP contribution in [0.1, 0.15) is 37.2 Å². The van der Waals surface area contributed by atoms with Gasteiger partial charge in [0.15, 0.2) is 0 Å². The van der Waals surface area contributed by atoms with Crippen molar-refractivity contribution < 1.29 is 4.79 Å². The first kappa shape index (κ1) is 16.3. The highest BCUT2D eigenvalue weighted by Gasteiger charge is 2.45. The number of hydrogen-bond donors (Lipinski definition) is 1. The lowest BCUT2D eigenvalue weighted by molar-refractivity contribution is 0.0521. The minimum absolute atomic E-state index is 0.124. The number of aromatic nitrogens is 4. The molecule has 2 aromatic heterocycles. The maximum Gasteiger partial charge on any atom is 0.270 e. The highest BCUT2D eigenvalue weighted by Crippen LogP contribution is 2.37. The van der Waals surface area contributed by atoms with Gasteiger partial charge in [-0.05, 0) is 44.7 Å². The van der Waals surface area contributed by atoms with E-state index >= 15 is 0 Å². The summed E-state index contributed by atoms with van der Waals surface area (Å²) in [7, 11) is 0. The number of carbonyl (C=O) groups excluding carboxylic acids is 1. The number of likely N-dealkylation sites (tertiary alicyclic amines) is 2. The molecule has 3 atom stereocenters. The minimum Gasteiger partial charge on any atom is -0.357 e. The summed E-state index contributed by atoms with van der Waals surface area (Å²) < 4.78 is 1.93. The third-order valence-electron chi connectivity index (χ3n) is 5.65. The van der Waals surface area contributed by atoms with E-state index in [2.05, 4.69) is 33.8 Å². The second-order valence-corrected chi connectivity index (χ2v) is 7.50. The van der Waals surface area contributed by atoms with Crippen LogP contribution >= 0.6 is 0 Å². The molecule has 2 aliphatic heterocycles. The molecule has 0 aliphatic carbocycles. The van der Waals surface area contributed by atoms with Crippen LogP contribution in [0.2, 0.25) is 0 Å². The lowest BCUT2D eigenvalue weighted by Gasteiger charge is -2.40. The van der Waals surface area contributed by atoms with E-state index in [0.29, 0.717) is 29.7 Å². The molecule has 0 spiro atoms. The van der Waals surface area contributed by atoms with Gasteiger partial charge in [0, 0.05) is 37.4 Å². The monoisotopic (exact) mass is 342 g/mol. The van der Waals surface area contributed by atoms with E-state index in [0.717, 1.165) is 32.5 Å². The Kier molecular flexibility index (Phi) is 4.33. The van der Waals surface area contributed by atoms with Crippen molar-refractivity contribution in [3.63, 3.8) is 0 Å². The molecule has 0 radical (unpaired) electrons. The van der Waals surface area contributed by atoms with E-state index < -0.39 is 0 Å². The van der Waals surface area contributed by atoms with Gasteiger partial charge >= 0.3 is 0 Å². The molecule has 4 rings (SSSR count). The molecule has 7 heteroatoms. The molecular formula is C18H26N6O. The smallest absolute Gasteiger partial charge is 0.270 e. The van der Waals surface area contributed by atoms with Gasteiger partial charge in [-0.1, -0.05) is 0 Å². The molecular weight excluding hydrogens is 316 g/mol. The maximum atomic E-state index is 12.7. The van der Waals surface area contributed by atoms with Crippen molar-refractivity contribution in [2.75, 3.05) is 13.1 Å². The van der Waals surface area contributed by atoms with Crippen molar-refractivity contribution in [1.82, 2.24) is 29.5 Å². The van der Waals surface area contributed by atoms with Gasteiger partial charge in [-0.25, -0.2) is 4.98 Å². The average molecular weight is 342 g/mol. The van der Waals surface area contributed by atoms with Gasteiger partial charge in [0.25, 0.3) is 5.91 Å². The summed E-state index contributed by atoms with van der Waals surface area (Å²) in [5.74, 6) is 0.655. The van der Waals surface area contributed by atoms with Gasteiger partial charge in [0.05, 0.1) is 6.54 Å². The van der Waals surface area contributed by atoms with E-state index in [1.165, 1.54) is 0 Å². The first-order valence-corrected chi connectivity index (χ1v) is 9.16. The van der Waals surface area contributed by atoms with Crippen molar-refractivity contribution in [1.29, 1.82) is 0 Å². The standard InChI is InChI=1S/C18H26N6O/c1-13(2)24-15(10-23-12-19-11-21-23)8-14-9-22(7-5-17(14)24)18(25)16-4-3-6-20-16/h3-4,6,11-15,17,20H,5,7-10H2,1-2H3/t14-,15+,17+/m0/s1. The van der Waals surface area contributed by atoms with E-state index in [1.807, 2.05) is 27.9 Å². The summed E-state index contributed by atoms with van der Waals surface area (Å²) in [6.07, 6.45) is 7.35. The fraction of sp³-hybridized carbons (Fsp3) is 0.611. The molecule has 0 bridgehead atoms. The normalized spacial score (nSPS) is 27.0. The largest absolute Gasteiger partial charge is 0.357 e. The fourth-order valence-corrected chi connectivity index (χ4v) is 4.72. The van der Waals surface area contributed by atoms with Crippen LogP contribution in [0.4, 0.5) is 0 Å². The Morgan fingerprint density at radius 3 is 3.00 bits per heavy atom. The third kappa shape index (κ3) is 3.08. The number of H-pyrrole nitrogens is 1. The Balaban J connectivity index is 1.48. The van der Waals surface area contributed by atoms with Gasteiger partial charge in [0.2, 0.25) is 0 Å². The van der Waals surface area contributed by atoms with Crippen LogP contribution in [-0.2, 0) is 6.54 Å². The summed E-state index contributed by atoms with van der Waals surface area (Å²) >= 11 is 0. The number of carbonyl (C=O) groups is 1. The van der Waals surface area contributed by atoms with Gasteiger partial charge in [-0.15, -0.1) is 0 Å². The summed E-state index contributed by atoms with van der Waals surface area (Å²) in [5.41, 5.74) is 0.691. The molecule has 7 nitrogen and oxygen atoms in total. The Hall–Kier alpha value is -2.15. The minimum atomic E-state index is 0.124. The number of aromatic amines is 1. The predicted molar refractivity (Wildman–Crippen MR) is 94.0 cm³/mol. The average Bonchev–Trinajstić information content (AvgIpc) is 3.34.